The van der Waals surface area contributed by atoms with E-state index >= 15 is 0 Å². The maximum absolute atomic E-state index is 13.6. The highest BCUT2D eigenvalue weighted by molar-refractivity contribution is 6.03. The molecule has 20 nitrogen and oxygen atoms in total. The predicted molar refractivity (Wildman–Crippen MR) is 525 cm³/mol. The lowest BCUT2D eigenvalue weighted by Crippen LogP contribution is -2.17. The summed E-state index contributed by atoms with van der Waals surface area (Å²) in [7, 11) is 0. The largest absolute Gasteiger partial charge is 0.479 e. The molecule has 0 spiro atoms. The number of carboxylic acids is 2. The predicted octanol–water partition coefficient (Wildman–Crippen LogP) is 25.0. The molecule has 0 radical (unpaired) electrons. The second-order valence-electron chi connectivity index (χ2n) is 33.0. The van der Waals surface area contributed by atoms with Crippen LogP contribution in [0.4, 0.5) is 0 Å². The number of fused-ring (bicyclic) bond motifs is 4. The number of rotatable bonds is 15. The fourth-order valence-electron chi connectivity index (χ4n) is 15.9. The first-order valence-corrected chi connectivity index (χ1v) is 45.5. The van der Waals surface area contributed by atoms with Crippen molar-refractivity contribution in [3.8, 4) is 0 Å². The van der Waals surface area contributed by atoms with Gasteiger partial charge >= 0.3 is 35.8 Å². The molecule has 0 saturated heterocycles. The average molecular weight is 1790 g/mol. The number of aryl methyl sites for hydroxylation is 8. The van der Waals surface area contributed by atoms with Crippen molar-refractivity contribution in [1.82, 2.24) is 0 Å². The van der Waals surface area contributed by atoms with Crippen LogP contribution in [0.2, 0.25) is 0 Å². The number of hydrogen-bond donors (Lipinski definition) is 2. The Balaban J connectivity index is 0.000000184. The molecule has 0 amide bonds. The minimum absolute atomic E-state index is 0.299. The summed E-state index contributed by atoms with van der Waals surface area (Å²) in [6, 6.07) is 65.2. The summed E-state index contributed by atoms with van der Waals surface area (Å²) in [6.45, 7) is 17.5. The van der Waals surface area contributed by atoms with E-state index < -0.39 is 49.3 Å². The number of hydrogen-bond acceptors (Lipinski definition) is 18. The highest BCUT2D eigenvalue weighted by Gasteiger charge is 2.29. The number of benzene rings is 9. The zero-order chi connectivity index (χ0) is 94.5. The summed E-state index contributed by atoms with van der Waals surface area (Å²) in [4.78, 5) is 96.4. The zero-order valence-electron chi connectivity index (χ0n) is 77.6. The molecule has 133 heavy (non-hydrogen) atoms. The number of cyclic esters (lactones) is 4. The normalized spacial score (nSPS) is 20.2. The van der Waals surface area contributed by atoms with Gasteiger partial charge in [-0.25, -0.2) is 28.8 Å². The number of nitrogens with zero attached hydrogens (tertiary/aromatic N) is 4. The minimum Gasteiger partial charge on any atom is -0.479 e. The van der Waals surface area contributed by atoms with Crippen molar-refractivity contribution in [2.45, 2.75) is 196 Å². The monoisotopic (exact) mass is 1790 g/mol. The number of carbonyl (C=O) groups is 6. The molecule has 0 fully saturated rings. The van der Waals surface area contributed by atoms with Gasteiger partial charge in [0, 0.05) is 51.4 Å². The molecule has 4 aliphatic heterocycles. The van der Waals surface area contributed by atoms with Crippen LogP contribution >= 0.6 is 0 Å². The zero-order valence-corrected chi connectivity index (χ0v) is 77.6. The van der Waals surface area contributed by atoms with Gasteiger partial charge in [-0.15, -0.1) is 0 Å². The molecule has 4 aliphatic rings. The molecule has 690 valence electrons. The molecular weight excluding hydrogens is 1670 g/mol. The number of esters is 4. The summed E-state index contributed by atoms with van der Waals surface area (Å²) in [6.07, 6.45) is 42.0. The Bertz CT molecular complexity index is 5590. The second-order valence-corrected chi connectivity index (χ2v) is 33.0. The third kappa shape index (κ3) is 33.8. The Morgan fingerprint density at radius 2 is 0.541 bits per heavy atom. The van der Waals surface area contributed by atoms with Crippen LogP contribution in [0, 0.1) is 55.4 Å². The van der Waals surface area contributed by atoms with Gasteiger partial charge in [0.2, 0.25) is 13.2 Å². The third-order valence-electron chi connectivity index (χ3n) is 21.8. The highest BCUT2D eigenvalue weighted by Crippen LogP contribution is 2.34. The Labute approximate surface area is 782 Å². The van der Waals surface area contributed by atoms with Crippen molar-refractivity contribution in [2.24, 2.45) is 20.6 Å². The summed E-state index contributed by atoms with van der Waals surface area (Å²) in [5.41, 5.74) is 20.8. The maximum atomic E-state index is 13.6. The van der Waals surface area contributed by atoms with E-state index in [9.17, 15) is 28.8 Å². The minimum atomic E-state index is -1.10. The molecule has 4 heterocycles. The summed E-state index contributed by atoms with van der Waals surface area (Å²) >= 11 is 0. The van der Waals surface area contributed by atoms with Gasteiger partial charge in [0.1, 0.15) is 37.6 Å². The van der Waals surface area contributed by atoms with Crippen LogP contribution in [0.3, 0.4) is 0 Å². The Morgan fingerprint density at radius 3 is 0.789 bits per heavy atom. The van der Waals surface area contributed by atoms with Gasteiger partial charge in [-0.05, 0) is 210 Å². The van der Waals surface area contributed by atoms with E-state index in [1.807, 2.05) is 311 Å². The number of oxime groups is 4. The molecule has 13 rings (SSSR count). The van der Waals surface area contributed by atoms with Crippen LogP contribution in [0.5, 0.6) is 0 Å². The van der Waals surface area contributed by atoms with Crippen molar-refractivity contribution >= 4 is 58.7 Å². The topological polar surface area (TPSA) is 266 Å². The first-order chi connectivity index (χ1) is 64.5. The van der Waals surface area contributed by atoms with Crippen molar-refractivity contribution in [1.29, 1.82) is 0 Å². The van der Waals surface area contributed by atoms with Gasteiger partial charge in [0.25, 0.3) is 0 Å². The van der Waals surface area contributed by atoms with Gasteiger partial charge in [0.05, 0.1) is 45.1 Å². The third-order valence-corrected chi connectivity index (χ3v) is 21.8. The molecule has 0 unspecified atom stereocenters. The fourth-order valence-corrected chi connectivity index (χ4v) is 15.9. The van der Waals surface area contributed by atoms with Crippen LogP contribution in [0.1, 0.15) is 244 Å². The SMILES string of the molecule is CCON=C1/C=C/CC/C=C/C[C@H](c2ccccc2)OC(=O)c2c(C)cc(C)cc2C1.Cc1cc(C)c2c(c1)CC(=NOCC(=O)O)/C=C/CC/C=C/C[C@@H](c1ccccc1)OC2=O.Cc1cc(C)c2c(c1)CC(=NOCC(=O)O)/C=C/CC/C=C/C[C@H](c1ccccc1)OC2=O.Cc1cc(C)c2c(c1)CC(=NOCc1ccccc1)/C=C/CC/C=C/C[C@H](c1ccccc1)OC2=O. The maximum Gasteiger partial charge on any atom is 0.344 e. The summed E-state index contributed by atoms with van der Waals surface area (Å²) in [5, 5.41) is 34.5. The van der Waals surface area contributed by atoms with Gasteiger partial charge in [-0.2, -0.15) is 0 Å². The number of carboxylic acid groups (broad SMARTS) is 2. The molecule has 0 aromatic heterocycles. The van der Waals surface area contributed by atoms with E-state index in [-0.39, 0.29) is 24.1 Å². The second kappa shape index (κ2) is 54.3. The van der Waals surface area contributed by atoms with E-state index in [1.54, 1.807) is 0 Å². The standard InChI is InChI=1S/C32H33NO3.2C27H29NO5.C27H31NO3/c1-24-20-25(2)31-28(21-24)22-29(33-35-23-26-14-8-6-9-15-26)18-12-4-3-5-13-19-30(36-32(31)34)27-16-10-7-11-17-27;2*1-19-15-20(2)26-22(16-19)17-23(28-32-18-25(29)30)13-9-4-3-5-10-14-24(33-27(26)31)21-11-7-6-8-12-21;1-4-30-28-24-15-11-6-5-7-12-16-25(22-13-9-8-10-14-22)31-27(29)26-21(3)17-20(2)18-23(26)19-24/h5-18,20-21,30H,3-4,19,22-23H2,1-2H3;2*5-13,15-16,24H,3-4,14,17-18H2,1-2H3,(H,29,30);7-15,17-18,25H,4-6,16,19H2,1-3H3/b13-5+,18-12+,33-29?;2*10-5+,13-9+,28-23?;12-7+,15-11+,28-24?/t30-;2*24-;25-/m1101/s1. The molecule has 2 N–H and O–H groups in total. The molecule has 9 aromatic carbocycles. The number of aliphatic carboxylic acids is 2. The Kier molecular flexibility index (Phi) is 41.1. The molecule has 0 aliphatic carbocycles. The quantitative estimate of drug-likeness (QED) is 0.0418. The van der Waals surface area contributed by atoms with Crippen LogP contribution in [0.25, 0.3) is 0 Å². The lowest BCUT2D eigenvalue weighted by Gasteiger charge is -2.20. The van der Waals surface area contributed by atoms with Crippen LogP contribution in [0.15, 0.2) is 318 Å². The van der Waals surface area contributed by atoms with Crippen molar-refractivity contribution < 1.29 is 77.3 Å². The molecule has 20 heteroatoms. The highest BCUT2D eigenvalue weighted by atomic mass is 16.6. The number of carbonyl (C=O) groups excluding carboxylic acids is 4. The summed E-state index contributed by atoms with van der Waals surface area (Å²) in [5.74, 6) is -3.59. The van der Waals surface area contributed by atoms with Crippen LogP contribution in [-0.4, -0.2) is 88.7 Å². The van der Waals surface area contributed by atoms with Gasteiger partial charge in [-0.1, -0.05) is 316 Å². The molecule has 9 aromatic rings. The van der Waals surface area contributed by atoms with E-state index in [0.29, 0.717) is 98.3 Å². The lowest BCUT2D eigenvalue weighted by molar-refractivity contribution is -0.143. The van der Waals surface area contributed by atoms with E-state index in [0.717, 1.165) is 157 Å². The molecule has 0 bridgehead atoms. The Morgan fingerprint density at radius 1 is 0.308 bits per heavy atom. The van der Waals surface area contributed by atoms with Gasteiger partial charge in [0.15, 0.2) is 0 Å². The van der Waals surface area contributed by atoms with E-state index in [4.69, 9.17) is 48.5 Å². The van der Waals surface area contributed by atoms with E-state index in [2.05, 4.69) is 69.2 Å². The summed E-state index contributed by atoms with van der Waals surface area (Å²) < 4.78 is 24.2. The molecule has 4 atom stereocenters. The van der Waals surface area contributed by atoms with Crippen molar-refractivity contribution in [3.63, 3.8) is 0 Å². The van der Waals surface area contributed by atoms with Crippen LogP contribution in [-0.2, 0) is 80.2 Å². The lowest BCUT2D eigenvalue weighted by atomic mass is 9.94. The first-order valence-electron chi connectivity index (χ1n) is 45.5. The smallest absolute Gasteiger partial charge is 0.344 e. The average Bonchev–Trinajstić information content (AvgIpc) is 0.820. The number of allylic oxidation sites excluding steroid dienone is 12. The van der Waals surface area contributed by atoms with Gasteiger partial charge < -0.3 is 48.5 Å². The van der Waals surface area contributed by atoms with Crippen molar-refractivity contribution in [3.05, 3.63) is 414 Å². The first kappa shape index (κ1) is 101. The molecule has 0 saturated carbocycles. The number of ether oxygens (including phenoxy) is 4. The Hall–Kier alpha value is -14.4. The fraction of sp³-hybridized carbons (Fsp3) is 0.292. The van der Waals surface area contributed by atoms with Crippen LogP contribution < -0.4 is 0 Å². The van der Waals surface area contributed by atoms with E-state index in [1.165, 1.54) is 0 Å². The van der Waals surface area contributed by atoms with Crippen molar-refractivity contribution in [2.75, 3.05) is 19.8 Å². The van der Waals surface area contributed by atoms with Gasteiger partial charge in [-0.3, -0.25) is 0 Å². The molecular formula is C113H122N4O16.